The van der Waals surface area contributed by atoms with Crippen molar-refractivity contribution in [2.24, 2.45) is 0 Å². The van der Waals surface area contributed by atoms with E-state index in [4.69, 9.17) is 0 Å². The van der Waals surface area contributed by atoms with E-state index in [1.54, 1.807) is 0 Å². The first-order valence-electron chi connectivity index (χ1n) is 9.20. The highest BCUT2D eigenvalue weighted by Gasteiger charge is 2.21. The topological polar surface area (TPSA) is 29.1 Å². The van der Waals surface area contributed by atoms with Crippen molar-refractivity contribution < 1.29 is 4.79 Å². The molecule has 3 aromatic rings. The Morgan fingerprint density at radius 1 is 0.731 bits per heavy atom. The van der Waals surface area contributed by atoms with Gasteiger partial charge in [-0.25, -0.2) is 0 Å². The third kappa shape index (κ3) is 4.82. The van der Waals surface area contributed by atoms with Crippen molar-refractivity contribution in [3.63, 3.8) is 0 Å². The van der Waals surface area contributed by atoms with E-state index in [1.165, 1.54) is 5.56 Å². The molecule has 3 rings (SSSR count). The number of nitrogens with one attached hydrogen (secondary N) is 1. The summed E-state index contributed by atoms with van der Waals surface area (Å²) >= 11 is 0. The number of anilines is 1. The minimum atomic E-state index is -0.150. The third-order valence-corrected chi connectivity index (χ3v) is 4.82. The number of hydrogen-bond donors (Lipinski definition) is 1. The molecule has 0 bridgehead atoms. The first kappa shape index (κ1) is 17.9. The lowest BCUT2D eigenvalue weighted by Crippen LogP contribution is -2.21. The molecular formula is C24H25NO. The van der Waals surface area contributed by atoms with Crippen LogP contribution in [0.4, 0.5) is 5.69 Å². The highest BCUT2D eigenvalue weighted by molar-refractivity contribution is 5.95. The van der Waals surface area contributed by atoms with E-state index in [1.807, 2.05) is 66.7 Å². The fraction of sp³-hybridized carbons (Fsp3) is 0.208. The van der Waals surface area contributed by atoms with Gasteiger partial charge in [0.15, 0.2) is 0 Å². The van der Waals surface area contributed by atoms with Gasteiger partial charge in [-0.3, -0.25) is 4.79 Å². The molecule has 26 heavy (non-hydrogen) atoms. The lowest BCUT2D eigenvalue weighted by Gasteiger charge is -2.20. The summed E-state index contributed by atoms with van der Waals surface area (Å²) in [5.41, 5.74) is 3.23. The Bertz CT molecular complexity index is 799. The monoisotopic (exact) mass is 343 g/mol. The van der Waals surface area contributed by atoms with E-state index in [0.29, 0.717) is 5.92 Å². The average Bonchev–Trinajstić information content (AvgIpc) is 2.70. The zero-order valence-corrected chi connectivity index (χ0v) is 15.1. The molecule has 0 saturated carbocycles. The standard InChI is InChI=1S/C24H25NO/c1-19(20-11-5-2-6-12-20)17-18-23(21-13-7-3-8-14-21)24(26)25-22-15-9-4-10-16-22/h2-16,19,23H,17-18H2,1H3,(H,25,26)/t19?,23-/m0/s1. The Morgan fingerprint density at radius 2 is 1.23 bits per heavy atom. The summed E-state index contributed by atoms with van der Waals surface area (Å²) in [5.74, 6) is 0.331. The van der Waals surface area contributed by atoms with Gasteiger partial charge in [-0.15, -0.1) is 0 Å². The van der Waals surface area contributed by atoms with Gasteiger partial charge < -0.3 is 5.32 Å². The Labute approximate surface area is 155 Å². The SMILES string of the molecule is CC(CC[C@H](C(=O)Nc1ccccc1)c1ccccc1)c1ccccc1. The maximum Gasteiger partial charge on any atom is 0.231 e. The number of hydrogen-bond acceptors (Lipinski definition) is 1. The first-order valence-corrected chi connectivity index (χ1v) is 9.20. The molecule has 132 valence electrons. The Kier molecular flexibility index (Phi) is 6.21. The molecule has 2 atom stereocenters. The molecule has 1 unspecified atom stereocenters. The van der Waals surface area contributed by atoms with Crippen LogP contribution >= 0.6 is 0 Å². The highest BCUT2D eigenvalue weighted by Crippen LogP contribution is 2.29. The van der Waals surface area contributed by atoms with Crippen molar-refractivity contribution in [2.75, 3.05) is 5.32 Å². The van der Waals surface area contributed by atoms with Crippen LogP contribution in [0.25, 0.3) is 0 Å². The fourth-order valence-electron chi connectivity index (χ4n) is 3.25. The number of benzene rings is 3. The van der Waals surface area contributed by atoms with Crippen LogP contribution in [0.15, 0.2) is 91.0 Å². The zero-order chi connectivity index (χ0) is 18.2. The number of carbonyl (C=O) groups is 1. The lowest BCUT2D eigenvalue weighted by atomic mass is 9.87. The van der Waals surface area contributed by atoms with Crippen molar-refractivity contribution in [3.8, 4) is 0 Å². The molecule has 2 heteroatoms. The first-order chi connectivity index (χ1) is 12.7. The van der Waals surface area contributed by atoms with Gasteiger partial charge in [0.25, 0.3) is 0 Å². The largest absolute Gasteiger partial charge is 0.326 e. The minimum absolute atomic E-state index is 0.0580. The average molecular weight is 343 g/mol. The van der Waals surface area contributed by atoms with E-state index < -0.39 is 0 Å². The van der Waals surface area contributed by atoms with E-state index in [2.05, 4.69) is 36.5 Å². The normalized spacial score (nSPS) is 13.0. The van der Waals surface area contributed by atoms with Gasteiger partial charge in [0.1, 0.15) is 0 Å². The van der Waals surface area contributed by atoms with Crippen LogP contribution in [0.5, 0.6) is 0 Å². The van der Waals surface area contributed by atoms with Gasteiger partial charge in [-0.2, -0.15) is 0 Å². The summed E-state index contributed by atoms with van der Waals surface area (Å²) in [6.45, 7) is 2.23. The number of para-hydroxylation sites is 1. The van der Waals surface area contributed by atoms with Crippen molar-refractivity contribution in [3.05, 3.63) is 102 Å². The molecule has 0 heterocycles. The Morgan fingerprint density at radius 3 is 1.81 bits per heavy atom. The van der Waals surface area contributed by atoms with Crippen LogP contribution in [-0.2, 0) is 4.79 Å². The summed E-state index contributed by atoms with van der Waals surface area (Å²) in [5, 5.41) is 3.07. The van der Waals surface area contributed by atoms with Crippen LogP contribution < -0.4 is 5.32 Å². The molecular weight excluding hydrogens is 318 g/mol. The van der Waals surface area contributed by atoms with Gasteiger partial charge >= 0.3 is 0 Å². The zero-order valence-electron chi connectivity index (χ0n) is 15.1. The molecule has 1 N–H and O–H groups in total. The van der Waals surface area contributed by atoms with Gasteiger partial charge in [-0.05, 0) is 42.0 Å². The highest BCUT2D eigenvalue weighted by atomic mass is 16.1. The van der Waals surface area contributed by atoms with Crippen LogP contribution in [-0.4, -0.2) is 5.91 Å². The number of rotatable bonds is 7. The fourth-order valence-corrected chi connectivity index (χ4v) is 3.25. The van der Waals surface area contributed by atoms with Crippen LogP contribution in [0.2, 0.25) is 0 Å². The summed E-state index contributed by atoms with van der Waals surface area (Å²) in [6, 6.07) is 30.2. The molecule has 0 aliphatic heterocycles. The molecule has 2 nitrogen and oxygen atoms in total. The molecule has 0 fully saturated rings. The smallest absolute Gasteiger partial charge is 0.231 e. The van der Waals surface area contributed by atoms with Crippen LogP contribution in [0.3, 0.4) is 0 Å². The predicted molar refractivity (Wildman–Crippen MR) is 108 cm³/mol. The van der Waals surface area contributed by atoms with E-state index in [9.17, 15) is 4.79 Å². The third-order valence-electron chi connectivity index (χ3n) is 4.82. The number of carbonyl (C=O) groups excluding carboxylic acids is 1. The second-order valence-electron chi connectivity index (χ2n) is 6.71. The molecule has 0 saturated heterocycles. The van der Waals surface area contributed by atoms with Crippen molar-refractivity contribution in [2.45, 2.75) is 31.6 Å². The van der Waals surface area contributed by atoms with E-state index in [0.717, 1.165) is 24.1 Å². The second-order valence-corrected chi connectivity index (χ2v) is 6.71. The van der Waals surface area contributed by atoms with Gasteiger partial charge in [0.05, 0.1) is 5.92 Å². The summed E-state index contributed by atoms with van der Waals surface area (Å²) in [4.78, 5) is 13.0. The summed E-state index contributed by atoms with van der Waals surface area (Å²) < 4.78 is 0. The lowest BCUT2D eigenvalue weighted by molar-refractivity contribution is -0.117. The number of amides is 1. The molecule has 0 aliphatic carbocycles. The molecule has 0 aliphatic rings. The summed E-state index contributed by atoms with van der Waals surface area (Å²) in [6.07, 6.45) is 1.78. The van der Waals surface area contributed by atoms with Crippen LogP contribution in [0.1, 0.15) is 42.7 Å². The molecule has 3 aromatic carbocycles. The second kappa shape index (κ2) is 9.00. The molecule has 1 amide bonds. The van der Waals surface area contributed by atoms with Gasteiger partial charge in [0.2, 0.25) is 5.91 Å². The van der Waals surface area contributed by atoms with Gasteiger partial charge in [0, 0.05) is 5.69 Å². The van der Waals surface area contributed by atoms with Crippen LogP contribution in [0, 0.1) is 0 Å². The Balaban J connectivity index is 1.72. The minimum Gasteiger partial charge on any atom is -0.326 e. The maximum atomic E-state index is 13.0. The maximum absolute atomic E-state index is 13.0. The van der Waals surface area contributed by atoms with Crippen molar-refractivity contribution in [1.29, 1.82) is 0 Å². The molecule has 0 radical (unpaired) electrons. The summed E-state index contributed by atoms with van der Waals surface area (Å²) in [7, 11) is 0. The Hall–Kier alpha value is -2.87. The quantitative estimate of drug-likeness (QED) is 0.560. The molecule has 0 spiro atoms. The van der Waals surface area contributed by atoms with E-state index >= 15 is 0 Å². The van der Waals surface area contributed by atoms with Crippen molar-refractivity contribution in [1.82, 2.24) is 0 Å². The van der Waals surface area contributed by atoms with E-state index in [-0.39, 0.29) is 11.8 Å². The van der Waals surface area contributed by atoms with Crippen molar-refractivity contribution >= 4 is 11.6 Å². The molecule has 0 aromatic heterocycles. The predicted octanol–water partition coefficient (Wildman–Crippen LogP) is 5.99. The van der Waals surface area contributed by atoms with Gasteiger partial charge in [-0.1, -0.05) is 85.8 Å².